The van der Waals surface area contributed by atoms with Crippen molar-refractivity contribution in [1.82, 2.24) is 0 Å². The number of para-hydroxylation sites is 1. The zero-order chi connectivity index (χ0) is 28.0. The maximum absolute atomic E-state index is 7.27. The first-order valence-electron chi connectivity index (χ1n) is 14.6. The molecule has 2 aliphatic rings. The van der Waals surface area contributed by atoms with Crippen LogP contribution in [0.3, 0.4) is 0 Å². The molecule has 1 aliphatic carbocycles. The molecule has 0 radical (unpaired) electrons. The topological polar surface area (TPSA) is 41.7 Å². The lowest BCUT2D eigenvalue weighted by Gasteiger charge is -2.41. The standard InChI is InChI=1S/C36H39N3O/c1-6-38(7-2)25-18-20-31-29(22-25)30-23-26(39(8-3)9-4)19-21-32(30)36(31)34(27-15-11-10-14-24(27)5)35(37)28-16-12-13-17-33(28)40-36/h10-23H,6-9,37H2,1-5H3. The van der Waals surface area contributed by atoms with E-state index in [0.717, 1.165) is 65.5 Å². The van der Waals surface area contributed by atoms with Gasteiger partial charge in [0.15, 0.2) is 5.60 Å². The van der Waals surface area contributed by atoms with E-state index in [0.29, 0.717) is 0 Å². The molecular formula is C36H39N3O. The summed E-state index contributed by atoms with van der Waals surface area (Å²) in [6.45, 7) is 14.8. The summed E-state index contributed by atoms with van der Waals surface area (Å²) in [7, 11) is 0. The quantitative estimate of drug-likeness (QED) is 0.265. The Morgan fingerprint density at radius 3 is 1.65 bits per heavy atom. The second kappa shape index (κ2) is 10.1. The summed E-state index contributed by atoms with van der Waals surface area (Å²) in [5, 5.41) is 0. The molecule has 204 valence electrons. The number of nitrogens with two attached hydrogens (primary N) is 1. The van der Waals surface area contributed by atoms with Crippen LogP contribution in [0.4, 0.5) is 11.4 Å². The van der Waals surface area contributed by atoms with Crippen LogP contribution in [0.1, 0.15) is 55.5 Å². The van der Waals surface area contributed by atoms with E-state index in [4.69, 9.17) is 10.5 Å². The van der Waals surface area contributed by atoms with Crippen LogP contribution in [-0.2, 0) is 5.60 Å². The number of fused-ring (bicyclic) bond motifs is 6. The second-order valence-electron chi connectivity index (χ2n) is 10.7. The molecule has 1 spiro atoms. The Hall–Kier alpha value is -4.18. The van der Waals surface area contributed by atoms with Gasteiger partial charge in [-0.15, -0.1) is 0 Å². The average Bonchev–Trinajstić information content (AvgIpc) is 3.24. The number of nitrogens with zero attached hydrogens (tertiary/aromatic N) is 2. The van der Waals surface area contributed by atoms with Crippen molar-refractivity contribution in [2.45, 2.75) is 40.2 Å². The minimum Gasteiger partial charge on any atom is -0.472 e. The Balaban J connectivity index is 1.72. The van der Waals surface area contributed by atoms with Gasteiger partial charge in [-0.05, 0) is 93.3 Å². The van der Waals surface area contributed by atoms with E-state index in [-0.39, 0.29) is 0 Å². The van der Waals surface area contributed by atoms with Gasteiger partial charge in [-0.1, -0.05) is 48.5 Å². The van der Waals surface area contributed by atoms with Gasteiger partial charge in [0.25, 0.3) is 0 Å². The molecule has 2 N–H and O–H groups in total. The lowest BCUT2D eigenvalue weighted by atomic mass is 9.75. The fourth-order valence-electron chi connectivity index (χ4n) is 6.73. The molecule has 4 nitrogen and oxygen atoms in total. The van der Waals surface area contributed by atoms with Crippen LogP contribution < -0.4 is 20.3 Å². The van der Waals surface area contributed by atoms with Crippen molar-refractivity contribution in [3.05, 3.63) is 113 Å². The van der Waals surface area contributed by atoms with Crippen molar-refractivity contribution >= 4 is 22.6 Å². The van der Waals surface area contributed by atoms with Gasteiger partial charge in [0.1, 0.15) is 5.75 Å². The second-order valence-corrected chi connectivity index (χ2v) is 10.7. The van der Waals surface area contributed by atoms with E-state index < -0.39 is 5.60 Å². The Labute approximate surface area is 238 Å². The molecule has 4 heteroatoms. The van der Waals surface area contributed by atoms with Gasteiger partial charge < -0.3 is 20.3 Å². The lowest BCUT2D eigenvalue weighted by Crippen LogP contribution is -2.38. The van der Waals surface area contributed by atoms with Gasteiger partial charge in [-0.3, -0.25) is 0 Å². The fraction of sp³-hybridized carbons (Fsp3) is 0.278. The lowest BCUT2D eigenvalue weighted by molar-refractivity contribution is 0.176. The maximum atomic E-state index is 7.27. The van der Waals surface area contributed by atoms with E-state index in [1.54, 1.807) is 0 Å². The molecule has 0 aromatic heterocycles. The zero-order valence-electron chi connectivity index (χ0n) is 24.3. The highest BCUT2D eigenvalue weighted by molar-refractivity contribution is 6.04. The third kappa shape index (κ3) is 3.73. The van der Waals surface area contributed by atoms with Crippen LogP contribution in [0, 0.1) is 6.92 Å². The highest BCUT2D eigenvalue weighted by Gasteiger charge is 2.52. The Kier molecular flexibility index (Phi) is 6.58. The number of hydrogen-bond acceptors (Lipinski definition) is 4. The van der Waals surface area contributed by atoms with Gasteiger partial charge in [0, 0.05) is 59.8 Å². The SMILES string of the molecule is CCN(CC)c1ccc2c(c1)-c1cc(N(CC)CC)ccc1C21Oc2ccccc2C(N)=C1c1ccccc1C. The minimum absolute atomic E-state index is 0.774. The Morgan fingerprint density at radius 2 is 1.12 bits per heavy atom. The Morgan fingerprint density at radius 1 is 0.625 bits per heavy atom. The number of aryl methyl sites for hydroxylation is 1. The molecule has 4 aromatic rings. The highest BCUT2D eigenvalue weighted by Crippen LogP contribution is 2.60. The van der Waals surface area contributed by atoms with Crippen LogP contribution in [0.2, 0.25) is 0 Å². The predicted octanol–water partition coefficient (Wildman–Crippen LogP) is 7.83. The van der Waals surface area contributed by atoms with Gasteiger partial charge in [0.05, 0.1) is 5.70 Å². The maximum Gasteiger partial charge on any atom is 0.188 e. The third-order valence-corrected chi connectivity index (χ3v) is 8.79. The summed E-state index contributed by atoms with van der Waals surface area (Å²) < 4.78 is 7.27. The van der Waals surface area contributed by atoms with E-state index in [9.17, 15) is 0 Å². The molecule has 4 aromatic carbocycles. The fourth-order valence-corrected chi connectivity index (χ4v) is 6.73. The van der Waals surface area contributed by atoms with Gasteiger partial charge in [-0.2, -0.15) is 0 Å². The van der Waals surface area contributed by atoms with Gasteiger partial charge in [-0.25, -0.2) is 0 Å². The molecule has 0 amide bonds. The molecule has 1 aliphatic heterocycles. The van der Waals surface area contributed by atoms with Crippen LogP contribution in [0.5, 0.6) is 5.75 Å². The summed E-state index contributed by atoms with van der Waals surface area (Å²) in [5.41, 5.74) is 18.5. The van der Waals surface area contributed by atoms with Gasteiger partial charge >= 0.3 is 0 Å². The molecule has 0 unspecified atom stereocenters. The zero-order valence-corrected chi connectivity index (χ0v) is 24.3. The number of ether oxygens (including phenoxy) is 1. The number of hydrogen-bond donors (Lipinski definition) is 1. The molecule has 1 heterocycles. The van der Waals surface area contributed by atoms with Crippen molar-refractivity contribution in [2.24, 2.45) is 5.73 Å². The summed E-state index contributed by atoms with van der Waals surface area (Å²) in [6.07, 6.45) is 0. The van der Waals surface area contributed by atoms with Crippen LogP contribution >= 0.6 is 0 Å². The molecule has 0 bridgehead atoms. The van der Waals surface area contributed by atoms with Crippen LogP contribution in [0.25, 0.3) is 22.4 Å². The van der Waals surface area contributed by atoms with E-state index in [1.165, 1.54) is 28.1 Å². The number of benzene rings is 4. The highest BCUT2D eigenvalue weighted by atomic mass is 16.5. The monoisotopic (exact) mass is 529 g/mol. The summed E-state index contributed by atoms with van der Waals surface area (Å²) in [6, 6.07) is 30.5. The van der Waals surface area contributed by atoms with Crippen LogP contribution in [0.15, 0.2) is 84.9 Å². The van der Waals surface area contributed by atoms with Crippen molar-refractivity contribution < 1.29 is 4.74 Å². The Bertz CT molecular complexity index is 1550. The van der Waals surface area contributed by atoms with Crippen molar-refractivity contribution in [3.8, 4) is 16.9 Å². The molecule has 0 atom stereocenters. The third-order valence-electron chi connectivity index (χ3n) is 8.79. The molecule has 0 fully saturated rings. The summed E-state index contributed by atoms with van der Waals surface area (Å²) in [5.74, 6) is 0.816. The summed E-state index contributed by atoms with van der Waals surface area (Å²) in [4.78, 5) is 4.81. The number of anilines is 2. The normalized spacial score (nSPS) is 14.4. The first kappa shape index (κ1) is 26.1. The van der Waals surface area contributed by atoms with E-state index in [1.807, 2.05) is 18.2 Å². The number of rotatable bonds is 7. The minimum atomic E-state index is -0.862. The molecule has 0 saturated carbocycles. The molecule has 40 heavy (non-hydrogen) atoms. The van der Waals surface area contributed by atoms with E-state index in [2.05, 4.69) is 111 Å². The van der Waals surface area contributed by atoms with Crippen molar-refractivity contribution in [1.29, 1.82) is 0 Å². The molecular weight excluding hydrogens is 490 g/mol. The van der Waals surface area contributed by atoms with E-state index >= 15 is 0 Å². The van der Waals surface area contributed by atoms with Crippen LogP contribution in [-0.4, -0.2) is 26.2 Å². The van der Waals surface area contributed by atoms with Crippen molar-refractivity contribution in [3.63, 3.8) is 0 Å². The van der Waals surface area contributed by atoms with Crippen molar-refractivity contribution in [2.75, 3.05) is 36.0 Å². The predicted molar refractivity (Wildman–Crippen MR) is 169 cm³/mol. The first-order chi connectivity index (χ1) is 19.5. The first-order valence-corrected chi connectivity index (χ1v) is 14.6. The summed E-state index contributed by atoms with van der Waals surface area (Å²) >= 11 is 0. The smallest absolute Gasteiger partial charge is 0.188 e. The average molecular weight is 530 g/mol. The largest absolute Gasteiger partial charge is 0.472 e. The molecule has 6 rings (SSSR count). The van der Waals surface area contributed by atoms with Gasteiger partial charge in [0.2, 0.25) is 0 Å². The molecule has 0 saturated heterocycles.